The Labute approximate surface area is 143 Å². The van der Waals surface area contributed by atoms with Crippen molar-refractivity contribution < 1.29 is 13.2 Å². The van der Waals surface area contributed by atoms with Crippen molar-refractivity contribution in [3.05, 3.63) is 59.7 Å². The first-order valence-corrected chi connectivity index (χ1v) is 7.87. The molecule has 0 saturated heterocycles. The van der Waals surface area contributed by atoms with Crippen LogP contribution in [0.5, 0.6) is 0 Å². The number of aromatic nitrogens is 4. The highest BCUT2D eigenvalue weighted by molar-refractivity contribution is 5.54. The highest BCUT2D eigenvalue weighted by atomic mass is 19.4. The zero-order chi connectivity index (χ0) is 18.0. The molecule has 1 unspecified atom stereocenters. The molecule has 0 radical (unpaired) electrons. The van der Waals surface area contributed by atoms with Crippen molar-refractivity contribution >= 4 is 5.52 Å². The summed E-state index contributed by atoms with van der Waals surface area (Å²) in [5.74, 6) is 0.519. The van der Waals surface area contributed by atoms with Crippen molar-refractivity contribution in [3.8, 4) is 0 Å². The van der Waals surface area contributed by atoms with Gasteiger partial charge in [0, 0.05) is 31.6 Å². The minimum absolute atomic E-state index is 0.0133. The fraction of sp³-hybridized carbons (Fsp3) is 0.353. The highest BCUT2D eigenvalue weighted by Gasteiger charge is 2.43. The molecule has 8 heteroatoms. The number of halogens is 3. The van der Waals surface area contributed by atoms with Gasteiger partial charge in [-0.15, -0.1) is 0 Å². The number of pyridine rings is 1. The van der Waals surface area contributed by atoms with E-state index < -0.39 is 12.2 Å². The minimum Gasteiger partial charge on any atom is -0.304 e. The number of nitrogens with zero attached hydrogens (tertiary/aromatic N) is 4. The van der Waals surface area contributed by atoms with E-state index in [0.29, 0.717) is 23.5 Å². The van der Waals surface area contributed by atoms with E-state index in [4.69, 9.17) is 0 Å². The number of alkyl halides is 3. The lowest BCUT2D eigenvalue weighted by atomic mass is 10.1. The SMILES string of the molecule is Cc1cnc(CCNC(c2nc(C)n3ccccc23)C(F)(F)F)cn1. The smallest absolute Gasteiger partial charge is 0.304 e. The first-order valence-electron chi connectivity index (χ1n) is 7.87. The Bertz CT molecular complexity index is 855. The van der Waals surface area contributed by atoms with Gasteiger partial charge in [-0.25, -0.2) is 4.98 Å². The molecule has 1 N–H and O–H groups in total. The molecule has 0 aliphatic heterocycles. The summed E-state index contributed by atoms with van der Waals surface area (Å²) in [6.07, 6.45) is 0.788. The second kappa shape index (κ2) is 6.79. The summed E-state index contributed by atoms with van der Waals surface area (Å²) < 4.78 is 42.4. The fourth-order valence-electron chi connectivity index (χ4n) is 2.69. The maximum absolute atomic E-state index is 13.6. The molecule has 3 rings (SSSR count). The highest BCUT2D eigenvalue weighted by Crippen LogP contribution is 2.34. The molecule has 132 valence electrons. The average molecular weight is 349 g/mol. The monoisotopic (exact) mass is 349 g/mol. The topological polar surface area (TPSA) is 55.1 Å². The minimum atomic E-state index is -4.45. The van der Waals surface area contributed by atoms with E-state index in [0.717, 1.165) is 5.69 Å². The molecule has 1 atom stereocenters. The van der Waals surface area contributed by atoms with E-state index in [9.17, 15) is 13.2 Å². The number of hydrogen-bond acceptors (Lipinski definition) is 4. The van der Waals surface area contributed by atoms with Gasteiger partial charge in [-0.05, 0) is 26.0 Å². The molecule has 0 aromatic carbocycles. The zero-order valence-corrected chi connectivity index (χ0v) is 13.9. The Kier molecular flexibility index (Phi) is 4.71. The molecule has 5 nitrogen and oxygen atoms in total. The number of aryl methyl sites for hydroxylation is 2. The summed E-state index contributed by atoms with van der Waals surface area (Å²) in [6.45, 7) is 3.61. The van der Waals surface area contributed by atoms with Crippen LogP contribution in [0.25, 0.3) is 5.52 Å². The summed E-state index contributed by atoms with van der Waals surface area (Å²) in [5.41, 5.74) is 1.85. The molecule has 0 spiro atoms. The van der Waals surface area contributed by atoms with Gasteiger partial charge >= 0.3 is 6.18 Å². The van der Waals surface area contributed by atoms with E-state index in [1.54, 1.807) is 55.0 Å². The van der Waals surface area contributed by atoms with Crippen molar-refractivity contribution in [1.29, 1.82) is 0 Å². The van der Waals surface area contributed by atoms with Crippen LogP contribution in [0.4, 0.5) is 13.2 Å². The summed E-state index contributed by atoms with van der Waals surface area (Å²) in [6, 6.07) is 3.27. The standard InChI is InChI=1S/C17H18F3N5/c1-11-9-23-13(10-22-11)6-7-21-16(17(18,19)20)15-14-5-3-4-8-25(14)12(2)24-15/h3-5,8-10,16,21H,6-7H2,1-2H3. The average Bonchev–Trinajstić information content (AvgIpc) is 2.89. The number of nitrogens with one attached hydrogen (secondary N) is 1. The fourth-order valence-corrected chi connectivity index (χ4v) is 2.69. The molecule has 0 amide bonds. The van der Waals surface area contributed by atoms with Gasteiger partial charge in [0.25, 0.3) is 0 Å². The van der Waals surface area contributed by atoms with Gasteiger partial charge in [-0.3, -0.25) is 9.97 Å². The van der Waals surface area contributed by atoms with Gasteiger partial charge in [0.15, 0.2) is 0 Å². The third-order valence-corrected chi connectivity index (χ3v) is 3.92. The number of hydrogen-bond donors (Lipinski definition) is 1. The van der Waals surface area contributed by atoms with Crippen LogP contribution in [0.1, 0.15) is 28.9 Å². The third kappa shape index (κ3) is 3.79. The van der Waals surface area contributed by atoms with Crippen molar-refractivity contribution in [3.63, 3.8) is 0 Å². The van der Waals surface area contributed by atoms with Crippen LogP contribution in [-0.4, -0.2) is 32.1 Å². The van der Waals surface area contributed by atoms with Crippen LogP contribution < -0.4 is 5.32 Å². The van der Waals surface area contributed by atoms with Crippen LogP contribution in [-0.2, 0) is 6.42 Å². The van der Waals surface area contributed by atoms with Gasteiger partial charge < -0.3 is 9.72 Å². The van der Waals surface area contributed by atoms with Crippen molar-refractivity contribution in [2.45, 2.75) is 32.5 Å². The second-order valence-corrected chi connectivity index (χ2v) is 5.83. The van der Waals surface area contributed by atoms with Gasteiger partial charge in [-0.1, -0.05) is 6.07 Å². The van der Waals surface area contributed by atoms with Gasteiger partial charge in [0.2, 0.25) is 0 Å². The van der Waals surface area contributed by atoms with E-state index >= 15 is 0 Å². The Balaban J connectivity index is 1.81. The Hall–Kier alpha value is -2.48. The lowest BCUT2D eigenvalue weighted by Crippen LogP contribution is -2.36. The Morgan fingerprint density at radius 1 is 1.16 bits per heavy atom. The predicted octanol–water partition coefficient (Wildman–Crippen LogP) is 3.18. The molecular formula is C17H18F3N5. The van der Waals surface area contributed by atoms with Gasteiger partial charge in [0.1, 0.15) is 11.9 Å². The normalized spacial score (nSPS) is 13.3. The summed E-state index contributed by atoms with van der Waals surface area (Å²) in [4.78, 5) is 12.4. The van der Waals surface area contributed by atoms with Crippen molar-refractivity contribution in [1.82, 2.24) is 24.7 Å². The van der Waals surface area contributed by atoms with E-state index in [2.05, 4.69) is 20.3 Å². The summed E-state index contributed by atoms with van der Waals surface area (Å²) in [5, 5.41) is 2.58. The van der Waals surface area contributed by atoms with E-state index in [1.165, 1.54) is 0 Å². The summed E-state index contributed by atoms with van der Waals surface area (Å²) >= 11 is 0. The molecule has 0 aliphatic carbocycles. The van der Waals surface area contributed by atoms with Crippen LogP contribution in [0.3, 0.4) is 0 Å². The maximum Gasteiger partial charge on any atom is 0.409 e. The van der Waals surface area contributed by atoms with Crippen molar-refractivity contribution in [2.75, 3.05) is 6.54 Å². The summed E-state index contributed by atoms with van der Waals surface area (Å²) in [7, 11) is 0. The molecule has 0 saturated carbocycles. The molecule has 3 aromatic rings. The zero-order valence-electron chi connectivity index (χ0n) is 13.9. The molecule has 0 fully saturated rings. The Morgan fingerprint density at radius 3 is 2.64 bits per heavy atom. The lowest BCUT2D eigenvalue weighted by molar-refractivity contribution is -0.158. The van der Waals surface area contributed by atoms with Crippen LogP contribution in [0, 0.1) is 13.8 Å². The third-order valence-electron chi connectivity index (χ3n) is 3.92. The Morgan fingerprint density at radius 2 is 1.96 bits per heavy atom. The van der Waals surface area contributed by atoms with E-state index in [1.807, 2.05) is 0 Å². The van der Waals surface area contributed by atoms with Crippen LogP contribution >= 0.6 is 0 Å². The predicted molar refractivity (Wildman–Crippen MR) is 87.2 cm³/mol. The van der Waals surface area contributed by atoms with Gasteiger partial charge in [0.05, 0.1) is 22.6 Å². The van der Waals surface area contributed by atoms with Crippen LogP contribution in [0.2, 0.25) is 0 Å². The molecule has 3 heterocycles. The van der Waals surface area contributed by atoms with Gasteiger partial charge in [-0.2, -0.15) is 13.2 Å². The maximum atomic E-state index is 13.6. The second-order valence-electron chi connectivity index (χ2n) is 5.83. The van der Waals surface area contributed by atoms with E-state index in [-0.39, 0.29) is 12.2 Å². The number of rotatable bonds is 5. The number of imidazole rings is 1. The number of fused-ring (bicyclic) bond motifs is 1. The molecule has 0 aliphatic rings. The quantitative estimate of drug-likeness (QED) is 0.769. The van der Waals surface area contributed by atoms with Crippen LogP contribution in [0.15, 0.2) is 36.8 Å². The van der Waals surface area contributed by atoms with Crippen molar-refractivity contribution in [2.24, 2.45) is 0 Å². The first kappa shape index (κ1) is 17.3. The first-order chi connectivity index (χ1) is 11.9. The molecule has 3 aromatic heterocycles. The lowest BCUT2D eigenvalue weighted by Gasteiger charge is -2.20. The molecule has 25 heavy (non-hydrogen) atoms. The largest absolute Gasteiger partial charge is 0.409 e. The molecular weight excluding hydrogens is 331 g/mol. The molecule has 0 bridgehead atoms.